The van der Waals surface area contributed by atoms with Gasteiger partial charge in [0.15, 0.2) is 0 Å². The minimum atomic E-state index is -0.963. The minimum Gasteiger partial charge on any atom is -0.309 e. The molecule has 8 nitrogen and oxygen atoms in total. The van der Waals surface area contributed by atoms with Crippen molar-refractivity contribution in [2.24, 2.45) is 0 Å². The van der Waals surface area contributed by atoms with E-state index in [0.717, 1.165) is 6.07 Å². The molecule has 20 heavy (non-hydrogen) atoms. The number of non-ortho nitro benzene ring substituents is 1. The van der Waals surface area contributed by atoms with Gasteiger partial charge in [-0.1, -0.05) is 0 Å². The van der Waals surface area contributed by atoms with E-state index < -0.39 is 20.6 Å². The quantitative estimate of drug-likeness (QED) is 0.600. The first-order valence-corrected chi connectivity index (χ1v) is 7.49. The summed E-state index contributed by atoms with van der Waals surface area (Å²) in [6.07, 6.45) is 1.58. The van der Waals surface area contributed by atoms with Crippen molar-refractivity contribution in [3.8, 4) is 0 Å². The van der Waals surface area contributed by atoms with E-state index in [9.17, 15) is 24.4 Å². The van der Waals surface area contributed by atoms with Crippen molar-refractivity contribution < 1.29 is 14.1 Å². The van der Waals surface area contributed by atoms with Crippen LogP contribution in [0.25, 0.3) is 0 Å². The van der Waals surface area contributed by atoms with Gasteiger partial charge in [-0.25, -0.2) is 0 Å². The molecule has 0 amide bonds. The number of hydrogen-bond donors (Lipinski definition) is 1. The average Bonchev–Trinajstić information content (AvgIpc) is 2.35. The van der Waals surface area contributed by atoms with E-state index >= 15 is 0 Å². The number of benzene rings is 1. The van der Waals surface area contributed by atoms with Crippen LogP contribution in [-0.2, 0) is 17.3 Å². The summed E-state index contributed by atoms with van der Waals surface area (Å²) in [6, 6.07) is 3.46. The molecule has 0 radical (unpaired) electrons. The Balaban J connectivity index is 2.87. The van der Waals surface area contributed by atoms with Gasteiger partial charge in [0.1, 0.15) is 0 Å². The Morgan fingerprint density at radius 2 is 1.95 bits per heavy atom. The molecular formula is C11H15N3O5S. The van der Waals surface area contributed by atoms with Gasteiger partial charge in [-0.2, -0.15) is 0 Å². The Morgan fingerprint density at radius 3 is 2.45 bits per heavy atom. The molecule has 0 saturated heterocycles. The highest BCUT2D eigenvalue weighted by Crippen LogP contribution is 2.24. The molecule has 0 aliphatic rings. The van der Waals surface area contributed by atoms with Crippen molar-refractivity contribution in [2.75, 3.05) is 12.0 Å². The van der Waals surface area contributed by atoms with Crippen molar-refractivity contribution in [3.05, 3.63) is 44.0 Å². The van der Waals surface area contributed by atoms with E-state index in [1.54, 1.807) is 6.26 Å². The number of nitro benzene ring substituents is 2. The summed E-state index contributed by atoms with van der Waals surface area (Å²) in [5.41, 5.74) is -0.256. The average molecular weight is 301 g/mol. The highest BCUT2D eigenvalue weighted by Gasteiger charge is 2.19. The third-order valence-corrected chi connectivity index (χ3v) is 3.57. The predicted molar refractivity (Wildman–Crippen MR) is 75.0 cm³/mol. The van der Waals surface area contributed by atoms with E-state index in [0.29, 0.717) is 11.3 Å². The largest absolute Gasteiger partial charge is 0.309 e. The molecule has 110 valence electrons. The molecule has 9 heteroatoms. The van der Waals surface area contributed by atoms with Gasteiger partial charge in [-0.15, -0.1) is 0 Å². The van der Waals surface area contributed by atoms with Crippen LogP contribution in [0, 0.1) is 20.2 Å². The molecule has 1 N–H and O–H groups in total. The third kappa shape index (κ3) is 4.67. The van der Waals surface area contributed by atoms with Crippen LogP contribution in [0.2, 0.25) is 0 Å². The Bertz CT molecular complexity index is 549. The fourth-order valence-electron chi connectivity index (χ4n) is 1.68. The smallest absolute Gasteiger partial charge is 0.280 e. The lowest BCUT2D eigenvalue weighted by Gasteiger charge is -2.12. The molecule has 0 fully saturated rings. The lowest BCUT2D eigenvalue weighted by molar-refractivity contribution is -0.394. The van der Waals surface area contributed by atoms with Gasteiger partial charge in [0, 0.05) is 47.0 Å². The topological polar surface area (TPSA) is 115 Å². The van der Waals surface area contributed by atoms with Crippen molar-refractivity contribution in [2.45, 2.75) is 19.5 Å². The molecule has 2 unspecified atom stereocenters. The zero-order valence-electron chi connectivity index (χ0n) is 11.1. The summed E-state index contributed by atoms with van der Waals surface area (Å²) in [4.78, 5) is 20.2. The maximum atomic E-state index is 11.0. The Labute approximate surface area is 117 Å². The van der Waals surface area contributed by atoms with Crippen LogP contribution in [0.3, 0.4) is 0 Å². The molecule has 2 atom stereocenters. The standard InChI is InChI=1S/C11H15N3O5S/c1-8(7-20(2)19)12-6-9-3-4-10(13(15)16)5-11(9)14(17)18/h3-5,8,12H,6-7H2,1-2H3. The molecule has 0 aliphatic heterocycles. The van der Waals surface area contributed by atoms with Crippen LogP contribution >= 0.6 is 0 Å². The monoisotopic (exact) mass is 301 g/mol. The van der Waals surface area contributed by atoms with Gasteiger partial charge < -0.3 is 5.32 Å². The summed E-state index contributed by atoms with van der Waals surface area (Å²) < 4.78 is 11.0. The van der Waals surface area contributed by atoms with Crippen molar-refractivity contribution in [1.29, 1.82) is 0 Å². The fourth-order valence-corrected chi connectivity index (χ4v) is 2.50. The molecule has 1 aromatic carbocycles. The molecule has 0 spiro atoms. The van der Waals surface area contributed by atoms with Crippen molar-refractivity contribution >= 4 is 22.2 Å². The van der Waals surface area contributed by atoms with E-state index in [2.05, 4.69) is 5.32 Å². The fraction of sp³-hybridized carbons (Fsp3) is 0.455. The maximum Gasteiger partial charge on any atom is 0.280 e. The molecule has 0 bridgehead atoms. The SMILES string of the molecule is CC(CS(C)=O)NCc1ccc([N+](=O)[O-])cc1[N+](=O)[O-]. The zero-order valence-corrected chi connectivity index (χ0v) is 11.9. The summed E-state index contributed by atoms with van der Waals surface area (Å²) in [5.74, 6) is 0.431. The normalized spacial score (nSPS) is 13.7. The van der Waals surface area contributed by atoms with Gasteiger partial charge >= 0.3 is 0 Å². The van der Waals surface area contributed by atoms with E-state index in [1.807, 2.05) is 6.92 Å². The van der Waals surface area contributed by atoms with Crippen LogP contribution in [0.4, 0.5) is 11.4 Å². The van der Waals surface area contributed by atoms with Crippen LogP contribution in [-0.4, -0.2) is 32.1 Å². The lowest BCUT2D eigenvalue weighted by Crippen LogP contribution is -2.30. The summed E-state index contributed by atoms with van der Waals surface area (Å²) in [6.45, 7) is 2.01. The van der Waals surface area contributed by atoms with E-state index in [1.165, 1.54) is 12.1 Å². The number of nitrogens with zero attached hydrogens (tertiary/aromatic N) is 2. The van der Waals surface area contributed by atoms with Gasteiger partial charge in [-0.05, 0) is 13.0 Å². The Kier molecular flexibility index (Phi) is 5.71. The predicted octanol–water partition coefficient (Wildman–Crippen LogP) is 1.36. The molecule has 0 aliphatic carbocycles. The Morgan fingerprint density at radius 1 is 1.30 bits per heavy atom. The van der Waals surface area contributed by atoms with Gasteiger partial charge in [0.2, 0.25) is 0 Å². The summed E-state index contributed by atoms with van der Waals surface area (Å²) >= 11 is 0. The van der Waals surface area contributed by atoms with Crippen LogP contribution in [0.5, 0.6) is 0 Å². The number of hydrogen-bond acceptors (Lipinski definition) is 6. The molecule has 1 aromatic rings. The van der Waals surface area contributed by atoms with Crippen LogP contribution in [0.15, 0.2) is 18.2 Å². The number of nitrogens with one attached hydrogen (secondary N) is 1. The van der Waals surface area contributed by atoms with Crippen molar-refractivity contribution in [3.63, 3.8) is 0 Å². The zero-order chi connectivity index (χ0) is 15.3. The first-order valence-electron chi connectivity index (χ1n) is 5.76. The first-order chi connectivity index (χ1) is 9.31. The van der Waals surface area contributed by atoms with Crippen LogP contribution in [0.1, 0.15) is 12.5 Å². The molecular weight excluding hydrogens is 286 g/mol. The highest BCUT2D eigenvalue weighted by atomic mass is 32.2. The van der Waals surface area contributed by atoms with Gasteiger partial charge in [0.05, 0.1) is 15.9 Å². The second kappa shape index (κ2) is 7.06. The highest BCUT2D eigenvalue weighted by molar-refractivity contribution is 7.84. The summed E-state index contributed by atoms with van der Waals surface area (Å²) in [5, 5.41) is 24.5. The van der Waals surface area contributed by atoms with E-state index in [4.69, 9.17) is 0 Å². The molecule has 1 rings (SSSR count). The lowest BCUT2D eigenvalue weighted by atomic mass is 10.1. The molecule has 0 heterocycles. The summed E-state index contributed by atoms with van der Waals surface area (Å²) in [7, 11) is -0.963. The molecule has 0 aromatic heterocycles. The first kappa shape index (κ1) is 16.2. The number of rotatable bonds is 7. The maximum absolute atomic E-state index is 11.0. The van der Waals surface area contributed by atoms with Gasteiger partial charge in [0.25, 0.3) is 11.4 Å². The second-order valence-corrected chi connectivity index (χ2v) is 5.83. The molecule has 0 saturated carbocycles. The minimum absolute atomic E-state index is 0.0735. The van der Waals surface area contributed by atoms with Crippen LogP contribution < -0.4 is 5.32 Å². The van der Waals surface area contributed by atoms with Crippen molar-refractivity contribution in [1.82, 2.24) is 5.32 Å². The van der Waals surface area contributed by atoms with E-state index in [-0.39, 0.29) is 24.0 Å². The van der Waals surface area contributed by atoms with Gasteiger partial charge in [-0.3, -0.25) is 24.4 Å². The second-order valence-electron chi connectivity index (χ2n) is 4.35. The number of nitro groups is 2. The third-order valence-electron chi connectivity index (χ3n) is 2.60. The Hall–Kier alpha value is -1.87.